The monoisotopic (exact) mass is 490 g/mol. The number of nitrogens with zero attached hydrogens (tertiary/aromatic N) is 3. The van der Waals surface area contributed by atoms with Crippen LogP contribution in [-0.4, -0.2) is 53.1 Å². The summed E-state index contributed by atoms with van der Waals surface area (Å²) in [6.07, 6.45) is 2.64. The van der Waals surface area contributed by atoms with Gasteiger partial charge in [0.25, 0.3) is 0 Å². The molecule has 1 atom stereocenters. The van der Waals surface area contributed by atoms with Gasteiger partial charge < -0.3 is 9.88 Å². The van der Waals surface area contributed by atoms with Crippen LogP contribution in [0.5, 0.6) is 0 Å². The normalized spacial score (nSPS) is 20.5. The molecule has 0 radical (unpaired) electrons. The molecule has 33 heavy (non-hydrogen) atoms. The van der Waals surface area contributed by atoms with Crippen LogP contribution in [-0.2, 0) is 14.8 Å². The average molecular weight is 491 g/mol. The Morgan fingerprint density at radius 3 is 2.58 bits per heavy atom. The number of fused-ring (bicyclic) bond motifs is 1. The number of likely N-dealkylation sites (tertiary alicyclic amines) is 1. The van der Waals surface area contributed by atoms with E-state index in [4.69, 9.17) is 11.6 Å². The Morgan fingerprint density at radius 2 is 1.85 bits per heavy atom. The Hall–Kier alpha value is -2.49. The van der Waals surface area contributed by atoms with Gasteiger partial charge in [-0.15, -0.1) is 0 Å². The summed E-state index contributed by atoms with van der Waals surface area (Å²) in [5, 5.41) is -0.230. The van der Waals surface area contributed by atoms with Crippen LogP contribution in [0.15, 0.2) is 47.4 Å². The highest BCUT2D eigenvalue weighted by Gasteiger charge is 2.38. The second-order valence-electron chi connectivity index (χ2n) is 8.58. The lowest BCUT2D eigenvalue weighted by Crippen LogP contribution is -2.44. The number of carbonyl (C=O) groups excluding carboxylic acids is 1. The van der Waals surface area contributed by atoms with E-state index >= 15 is 0 Å². The molecule has 2 saturated heterocycles. The Kier molecular flexibility index (Phi) is 5.88. The van der Waals surface area contributed by atoms with Crippen LogP contribution in [0.1, 0.15) is 37.5 Å². The fraction of sp³-hybridized carbons (Fsp3) is 0.391. The summed E-state index contributed by atoms with van der Waals surface area (Å²) in [5.74, 6) is -0.0436. The minimum Gasteiger partial charge on any atom is -0.340 e. The van der Waals surface area contributed by atoms with Crippen LogP contribution in [0.25, 0.3) is 11.0 Å². The molecule has 1 unspecified atom stereocenters. The van der Waals surface area contributed by atoms with Crippen molar-refractivity contribution in [1.82, 2.24) is 19.2 Å². The third-order valence-electron chi connectivity index (χ3n) is 6.59. The maximum atomic E-state index is 13.4. The number of hydrogen-bond donors (Lipinski definition) is 1. The molecule has 7 nitrogen and oxygen atoms in total. The molecule has 3 heterocycles. The molecule has 2 fully saturated rings. The fourth-order valence-corrected chi connectivity index (χ4v) is 6.55. The summed E-state index contributed by atoms with van der Waals surface area (Å²) >= 11 is 5.77. The van der Waals surface area contributed by atoms with Crippen LogP contribution in [0, 0.1) is 11.7 Å². The number of amides is 1. The maximum Gasteiger partial charge on any atom is 0.243 e. The number of benzene rings is 2. The Labute approximate surface area is 196 Å². The van der Waals surface area contributed by atoms with Gasteiger partial charge in [-0.3, -0.25) is 4.79 Å². The van der Waals surface area contributed by atoms with Crippen molar-refractivity contribution in [3.63, 3.8) is 0 Å². The highest BCUT2D eigenvalue weighted by atomic mass is 35.5. The number of nitrogens with one attached hydrogen (secondary N) is 1. The Balaban J connectivity index is 1.27. The van der Waals surface area contributed by atoms with Gasteiger partial charge >= 0.3 is 0 Å². The number of halogens is 2. The first-order valence-electron chi connectivity index (χ1n) is 11.0. The van der Waals surface area contributed by atoms with Crippen molar-refractivity contribution < 1.29 is 17.6 Å². The predicted octanol–water partition coefficient (Wildman–Crippen LogP) is 4.12. The number of H-pyrrole nitrogens is 1. The SMILES string of the molecule is O=C(C1CCN(S(=O)(=O)c2ccc(F)c(Cl)c2)CC1)N1CCCC1c1nc2ccccc2[nH]1. The zero-order valence-corrected chi connectivity index (χ0v) is 19.4. The molecule has 0 aliphatic carbocycles. The van der Waals surface area contributed by atoms with Gasteiger partial charge in [-0.25, -0.2) is 17.8 Å². The number of aromatic nitrogens is 2. The summed E-state index contributed by atoms with van der Waals surface area (Å²) in [5.41, 5.74) is 1.83. The molecule has 0 saturated carbocycles. The Morgan fingerprint density at radius 1 is 1.09 bits per heavy atom. The zero-order valence-electron chi connectivity index (χ0n) is 17.9. The van der Waals surface area contributed by atoms with Crippen molar-refractivity contribution in [2.75, 3.05) is 19.6 Å². The highest BCUT2D eigenvalue weighted by Crippen LogP contribution is 2.35. The van der Waals surface area contributed by atoms with Gasteiger partial charge in [0, 0.05) is 25.6 Å². The Bertz CT molecular complexity index is 1270. The van der Waals surface area contributed by atoms with Crippen molar-refractivity contribution in [1.29, 1.82) is 0 Å². The van der Waals surface area contributed by atoms with Gasteiger partial charge in [-0.05, 0) is 56.0 Å². The molecule has 0 spiro atoms. The number of para-hydroxylation sites is 2. The third kappa shape index (κ3) is 4.13. The largest absolute Gasteiger partial charge is 0.340 e. The quantitative estimate of drug-likeness (QED) is 0.596. The van der Waals surface area contributed by atoms with Crippen LogP contribution < -0.4 is 0 Å². The molecule has 1 amide bonds. The molecule has 174 valence electrons. The lowest BCUT2D eigenvalue weighted by molar-refractivity contribution is -0.137. The molecular formula is C23H24ClFN4O3S. The molecule has 5 rings (SSSR count). The van der Waals surface area contributed by atoms with Crippen LogP contribution in [0.3, 0.4) is 0 Å². The van der Waals surface area contributed by atoms with E-state index in [-0.39, 0.29) is 40.9 Å². The first kappa shape index (κ1) is 22.3. The van der Waals surface area contributed by atoms with Crippen LogP contribution >= 0.6 is 11.6 Å². The van der Waals surface area contributed by atoms with Crippen molar-refractivity contribution in [2.45, 2.75) is 36.6 Å². The third-order valence-corrected chi connectivity index (χ3v) is 8.78. The average Bonchev–Trinajstić information content (AvgIpc) is 3.47. The maximum absolute atomic E-state index is 13.4. The summed E-state index contributed by atoms with van der Waals surface area (Å²) in [6.45, 7) is 1.14. The standard InChI is InChI=1S/C23H24ClFN4O3S/c24-17-14-16(7-8-18(17)25)33(31,32)28-12-9-15(10-13-28)23(30)29-11-3-6-21(29)22-26-19-4-1-2-5-20(19)27-22/h1-2,4-5,7-8,14-15,21H,3,6,9-13H2,(H,26,27). The fourth-order valence-electron chi connectivity index (χ4n) is 4.81. The second-order valence-corrected chi connectivity index (χ2v) is 10.9. The van der Waals surface area contributed by atoms with Crippen LogP contribution in [0.2, 0.25) is 5.02 Å². The molecule has 2 aromatic carbocycles. The van der Waals surface area contributed by atoms with Gasteiger partial charge in [-0.2, -0.15) is 4.31 Å². The number of carbonyl (C=O) groups is 1. The van der Waals surface area contributed by atoms with Crippen molar-refractivity contribution in [3.8, 4) is 0 Å². The number of aromatic amines is 1. The van der Waals surface area contributed by atoms with Crippen LogP contribution in [0.4, 0.5) is 4.39 Å². The molecule has 3 aromatic rings. The van der Waals surface area contributed by atoms with Crippen molar-refractivity contribution in [3.05, 3.63) is 59.1 Å². The summed E-state index contributed by atoms with van der Waals surface area (Å²) in [6, 6.07) is 11.1. The lowest BCUT2D eigenvalue weighted by atomic mass is 9.96. The van der Waals surface area contributed by atoms with Gasteiger partial charge in [0.1, 0.15) is 11.6 Å². The molecule has 10 heteroatoms. The zero-order chi connectivity index (χ0) is 23.2. The van der Waals surface area contributed by atoms with E-state index in [2.05, 4.69) is 9.97 Å². The smallest absolute Gasteiger partial charge is 0.243 e. The highest BCUT2D eigenvalue weighted by molar-refractivity contribution is 7.89. The number of hydrogen-bond acceptors (Lipinski definition) is 4. The van der Waals surface area contributed by atoms with Crippen molar-refractivity contribution >= 4 is 38.6 Å². The van der Waals surface area contributed by atoms with Gasteiger partial charge in [0.2, 0.25) is 15.9 Å². The molecule has 0 bridgehead atoms. The van der Waals surface area contributed by atoms with Gasteiger partial charge in [-0.1, -0.05) is 23.7 Å². The van der Waals surface area contributed by atoms with Crippen molar-refractivity contribution in [2.24, 2.45) is 5.92 Å². The molecule has 1 N–H and O–H groups in total. The number of piperidine rings is 1. The summed E-state index contributed by atoms with van der Waals surface area (Å²) in [7, 11) is -3.80. The number of rotatable bonds is 4. The van der Waals surface area contributed by atoms with E-state index in [1.165, 1.54) is 10.4 Å². The molecular weight excluding hydrogens is 467 g/mol. The van der Waals surface area contributed by atoms with E-state index in [9.17, 15) is 17.6 Å². The topological polar surface area (TPSA) is 86.4 Å². The van der Waals surface area contributed by atoms with E-state index in [1.807, 2.05) is 29.2 Å². The second kappa shape index (κ2) is 8.70. The lowest BCUT2D eigenvalue weighted by Gasteiger charge is -2.34. The van der Waals surface area contributed by atoms with E-state index in [0.29, 0.717) is 19.4 Å². The summed E-state index contributed by atoms with van der Waals surface area (Å²) in [4.78, 5) is 23.3. The first-order chi connectivity index (χ1) is 15.8. The molecule has 1 aromatic heterocycles. The van der Waals surface area contributed by atoms with E-state index in [0.717, 1.165) is 41.8 Å². The van der Waals surface area contributed by atoms with E-state index < -0.39 is 15.8 Å². The summed E-state index contributed by atoms with van der Waals surface area (Å²) < 4.78 is 40.7. The van der Waals surface area contributed by atoms with Gasteiger partial charge in [0.05, 0.1) is 27.0 Å². The first-order valence-corrected chi connectivity index (χ1v) is 12.9. The number of imidazole rings is 1. The molecule has 2 aliphatic heterocycles. The minimum absolute atomic E-state index is 0.0387. The minimum atomic E-state index is -3.80. The number of sulfonamides is 1. The predicted molar refractivity (Wildman–Crippen MR) is 123 cm³/mol. The van der Waals surface area contributed by atoms with Gasteiger partial charge in [0.15, 0.2) is 0 Å². The van der Waals surface area contributed by atoms with E-state index in [1.54, 1.807) is 0 Å². The molecule has 2 aliphatic rings.